The fourth-order valence-corrected chi connectivity index (χ4v) is 3.50. The van der Waals surface area contributed by atoms with Crippen LogP contribution in [0.3, 0.4) is 0 Å². The first-order chi connectivity index (χ1) is 13.0. The molecule has 0 aromatic carbocycles. The number of anilines is 1. The van der Waals surface area contributed by atoms with Crippen molar-refractivity contribution in [2.45, 2.75) is 20.0 Å². The summed E-state index contributed by atoms with van der Waals surface area (Å²) in [6.45, 7) is 6.75. The molecule has 0 fully saturated rings. The molecule has 1 unspecified atom stereocenters. The number of likely N-dealkylation sites (N-methyl/N-ethyl adjacent to an activating group) is 1. The third kappa shape index (κ3) is 4.41. The first kappa shape index (κ1) is 19.2. The number of rotatable bonds is 9. The Kier molecular flexibility index (Phi) is 5.99. The maximum atomic E-state index is 10.8. The van der Waals surface area contributed by atoms with Gasteiger partial charge in [-0.05, 0) is 30.6 Å². The highest BCUT2D eigenvalue weighted by molar-refractivity contribution is 7.17. The van der Waals surface area contributed by atoms with Gasteiger partial charge in [0.25, 0.3) is 0 Å². The van der Waals surface area contributed by atoms with Gasteiger partial charge in [-0.1, -0.05) is 13.8 Å². The van der Waals surface area contributed by atoms with E-state index < -0.39 is 11.0 Å². The van der Waals surface area contributed by atoms with Gasteiger partial charge in [-0.15, -0.1) is 11.3 Å². The summed E-state index contributed by atoms with van der Waals surface area (Å²) >= 11 is 1.48. The summed E-state index contributed by atoms with van der Waals surface area (Å²) in [5, 5.41) is 26.2. The topological polar surface area (TPSA) is 118 Å². The standard InChI is InChI=1S/C17H21N5O4S/c1-3-21(4-2)10-11(23)9-18-17-15-12(7-8-27-15)19-16(20-17)13-5-6-14(26-13)22(24)25/h5-8,11,23H,3-4,9-10H2,1-2H3,(H,18,19,20). The molecule has 3 rings (SSSR count). The van der Waals surface area contributed by atoms with Gasteiger partial charge in [-0.2, -0.15) is 0 Å². The summed E-state index contributed by atoms with van der Waals surface area (Å²) in [5.74, 6) is 0.696. The minimum Gasteiger partial charge on any atom is -0.397 e. The lowest BCUT2D eigenvalue weighted by atomic mass is 10.3. The lowest BCUT2D eigenvalue weighted by Crippen LogP contribution is -2.36. The zero-order valence-corrected chi connectivity index (χ0v) is 15.9. The van der Waals surface area contributed by atoms with Crippen molar-refractivity contribution < 1.29 is 14.4 Å². The minimum atomic E-state index is -0.602. The second kappa shape index (κ2) is 8.42. The van der Waals surface area contributed by atoms with Crippen LogP contribution in [0, 0.1) is 10.1 Å². The van der Waals surface area contributed by atoms with E-state index in [9.17, 15) is 15.2 Å². The number of nitro groups is 1. The van der Waals surface area contributed by atoms with E-state index in [4.69, 9.17) is 4.42 Å². The molecule has 2 N–H and O–H groups in total. The van der Waals surface area contributed by atoms with Crippen molar-refractivity contribution in [1.29, 1.82) is 0 Å². The van der Waals surface area contributed by atoms with Crippen molar-refractivity contribution in [2.75, 3.05) is 31.5 Å². The molecule has 9 nitrogen and oxygen atoms in total. The van der Waals surface area contributed by atoms with Crippen LogP contribution >= 0.6 is 11.3 Å². The van der Waals surface area contributed by atoms with Gasteiger partial charge >= 0.3 is 5.88 Å². The Labute approximate surface area is 159 Å². The number of hydrogen-bond acceptors (Lipinski definition) is 9. The quantitative estimate of drug-likeness (QED) is 0.422. The maximum Gasteiger partial charge on any atom is 0.433 e. The van der Waals surface area contributed by atoms with Crippen LogP contribution in [0.25, 0.3) is 21.8 Å². The zero-order chi connectivity index (χ0) is 19.4. The molecule has 0 amide bonds. The minimum absolute atomic E-state index is 0.224. The second-order valence-electron chi connectivity index (χ2n) is 5.95. The highest BCUT2D eigenvalue weighted by atomic mass is 32.1. The average molecular weight is 391 g/mol. The summed E-state index contributed by atoms with van der Waals surface area (Å²) in [7, 11) is 0. The molecule has 0 saturated carbocycles. The molecule has 1 atom stereocenters. The summed E-state index contributed by atoms with van der Waals surface area (Å²) in [6, 6.07) is 4.60. The van der Waals surface area contributed by atoms with Crippen molar-refractivity contribution in [1.82, 2.24) is 14.9 Å². The SMILES string of the molecule is CCN(CC)CC(O)CNc1nc(-c2ccc([N+](=O)[O-])o2)nc2ccsc12. The maximum absolute atomic E-state index is 10.8. The van der Waals surface area contributed by atoms with E-state index in [0.717, 1.165) is 17.8 Å². The molecule has 0 aliphatic carbocycles. The fraction of sp³-hybridized carbons (Fsp3) is 0.412. The number of thiophene rings is 1. The van der Waals surface area contributed by atoms with Gasteiger partial charge in [0.15, 0.2) is 11.6 Å². The third-order valence-electron chi connectivity index (χ3n) is 4.16. The second-order valence-corrected chi connectivity index (χ2v) is 6.86. The Bertz CT molecular complexity index is 921. The highest BCUT2D eigenvalue weighted by Crippen LogP contribution is 2.30. The number of aromatic nitrogens is 2. The third-order valence-corrected chi connectivity index (χ3v) is 5.07. The van der Waals surface area contributed by atoms with E-state index in [2.05, 4.69) is 34.0 Å². The van der Waals surface area contributed by atoms with Gasteiger partial charge in [0.05, 0.1) is 22.4 Å². The van der Waals surface area contributed by atoms with Gasteiger partial charge in [-0.3, -0.25) is 10.1 Å². The Balaban J connectivity index is 1.82. The van der Waals surface area contributed by atoms with Gasteiger partial charge < -0.3 is 19.7 Å². The van der Waals surface area contributed by atoms with Crippen molar-refractivity contribution in [2.24, 2.45) is 0 Å². The number of furan rings is 1. The monoisotopic (exact) mass is 391 g/mol. The summed E-state index contributed by atoms with van der Waals surface area (Å²) in [4.78, 5) is 21.2. The van der Waals surface area contributed by atoms with Crippen LogP contribution in [-0.2, 0) is 0 Å². The highest BCUT2D eigenvalue weighted by Gasteiger charge is 2.18. The number of hydrogen-bond donors (Lipinski definition) is 2. The molecule has 0 bridgehead atoms. The number of nitrogens with one attached hydrogen (secondary N) is 1. The van der Waals surface area contributed by atoms with E-state index in [1.54, 1.807) is 0 Å². The molecule has 3 heterocycles. The Morgan fingerprint density at radius 2 is 2.11 bits per heavy atom. The normalized spacial score (nSPS) is 12.6. The van der Waals surface area contributed by atoms with Gasteiger partial charge in [0.1, 0.15) is 10.7 Å². The van der Waals surface area contributed by atoms with Crippen LogP contribution in [0.4, 0.5) is 11.7 Å². The summed E-state index contributed by atoms with van der Waals surface area (Å²) in [5.41, 5.74) is 0.713. The largest absolute Gasteiger partial charge is 0.433 e. The summed E-state index contributed by atoms with van der Waals surface area (Å²) < 4.78 is 6.07. The molecule has 3 aromatic heterocycles. The summed E-state index contributed by atoms with van der Waals surface area (Å²) in [6.07, 6.45) is -0.553. The number of aliphatic hydroxyl groups excluding tert-OH is 1. The fourth-order valence-electron chi connectivity index (χ4n) is 2.70. The van der Waals surface area contributed by atoms with Gasteiger partial charge in [-0.25, -0.2) is 9.97 Å². The molecule has 0 aliphatic heterocycles. The molecular weight excluding hydrogens is 370 g/mol. The molecule has 0 saturated heterocycles. The van der Waals surface area contributed by atoms with Gasteiger partial charge in [0.2, 0.25) is 0 Å². The van der Waals surface area contributed by atoms with E-state index in [0.29, 0.717) is 24.4 Å². The smallest absolute Gasteiger partial charge is 0.397 e. The molecule has 10 heteroatoms. The molecule has 0 spiro atoms. The van der Waals surface area contributed by atoms with Crippen molar-refractivity contribution in [3.63, 3.8) is 0 Å². The number of aliphatic hydroxyl groups is 1. The van der Waals surface area contributed by atoms with Crippen LogP contribution in [0.15, 0.2) is 28.0 Å². The first-order valence-corrected chi connectivity index (χ1v) is 9.53. The van der Waals surface area contributed by atoms with E-state index in [1.807, 2.05) is 11.4 Å². The van der Waals surface area contributed by atoms with Crippen LogP contribution in [0.2, 0.25) is 0 Å². The molecule has 0 radical (unpaired) electrons. The van der Waals surface area contributed by atoms with Crippen molar-refractivity contribution in [3.8, 4) is 11.6 Å². The zero-order valence-electron chi connectivity index (χ0n) is 15.1. The van der Waals surface area contributed by atoms with Crippen LogP contribution in [0.1, 0.15) is 13.8 Å². The van der Waals surface area contributed by atoms with Crippen LogP contribution < -0.4 is 5.32 Å². The molecule has 144 valence electrons. The predicted molar refractivity (Wildman–Crippen MR) is 104 cm³/mol. The van der Waals surface area contributed by atoms with Crippen LogP contribution in [-0.4, -0.2) is 57.2 Å². The average Bonchev–Trinajstić information content (AvgIpc) is 3.33. The molecule has 27 heavy (non-hydrogen) atoms. The first-order valence-electron chi connectivity index (χ1n) is 8.66. The van der Waals surface area contributed by atoms with E-state index in [-0.39, 0.29) is 17.5 Å². The number of nitrogens with zero attached hydrogens (tertiary/aromatic N) is 4. The Morgan fingerprint density at radius 1 is 1.33 bits per heavy atom. The lowest BCUT2D eigenvalue weighted by Gasteiger charge is -2.22. The van der Waals surface area contributed by atoms with Crippen LogP contribution in [0.5, 0.6) is 0 Å². The molecule has 0 aliphatic rings. The van der Waals surface area contributed by atoms with E-state index >= 15 is 0 Å². The Morgan fingerprint density at radius 3 is 2.78 bits per heavy atom. The Hall–Kier alpha value is -2.56. The predicted octanol–water partition coefficient (Wildman–Crippen LogP) is 2.97. The van der Waals surface area contributed by atoms with Crippen molar-refractivity contribution in [3.05, 3.63) is 33.7 Å². The van der Waals surface area contributed by atoms with Gasteiger partial charge in [0, 0.05) is 13.1 Å². The van der Waals surface area contributed by atoms with Crippen molar-refractivity contribution >= 4 is 33.3 Å². The number of fused-ring (bicyclic) bond motifs is 1. The van der Waals surface area contributed by atoms with E-state index in [1.165, 1.54) is 23.5 Å². The molecule has 3 aromatic rings. The lowest BCUT2D eigenvalue weighted by molar-refractivity contribution is -0.401. The molecular formula is C17H21N5O4S.